The first-order chi connectivity index (χ1) is 15.0. The summed E-state index contributed by atoms with van der Waals surface area (Å²) in [6.45, 7) is 7.81. The number of rotatable bonds is 6. The molecule has 0 bridgehead atoms. The molecule has 2 amide bonds. The summed E-state index contributed by atoms with van der Waals surface area (Å²) in [5, 5.41) is 8.91. The zero-order valence-electron chi connectivity index (χ0n) is 18.7. The van der Waals surface area contributed by atoms with Crippen LogP contribution in [0.3, 0.4) is 0 Å². The zero-order valence-corrected chi connectivity index (χ0v) is 19.5. The number of amides is 2. The highest BCUT2D eigenvalue weighted by Crippen LogP contribution is 2.25. The molecule has 1 atom stereocenters. The van der Waals surface area contributed by atoms with Crippen LogP contribution in [0.5, 0.6) is 0 Å². The third-order valence-corrected chi connectivity index (χ3v) is 8.20. The predicted octanol–water partition coefficient (Wildman–Crippen LogP) is 0.666. The molecule has 0 aromatic carbocycles. The normalized spacial score (nSPS) is 18.2. The standard InChI is InChI=1S/C22H28N4O5S/c1-16(2)25-12-18(13-25)8-6-5-7-17-11-19-15-24(21(28)26(19)14-17)10-9-22(3,20(27)23-29)32(4,30)31/h11,14,16,18,29H,9-10,12-13,15H2,1-4H3,(H,23,27)/t22-/m1/s1. The van der Waals surface area contributed by atoms with E-state index in [0.29, 0.717) is 17.5 Å². The summed E-state index contributed by atoms with van der Waals surface area (Å²) in [5.74, 6) is 11.2. The Bertz CT molecular complexity index is 1140. The lowest BCUT2D eigenvalue weighted by atomic mass is 9.99. The van der Waals surface area contributed by atoms with E-state index in [1.165, 1.54) is 21.9 Å². The molecule has 9 nitrogen and oxygen atoms in total. The van der Waals surface area contributed by atoms with Crippen LogP contribution in [0.4, 0.5) is 4.79 Å². The maximum Gasteiger partial charge on any atom is 0.328 e. The van der Waals surface area contributed by atoms with Gasteiger partial charge in [-0.1, -0.05) is 11.8 Å². The number of aromatic nitrogens is 1. The molecule has 172 valence electrons. The Morgan fingerprint density at radius 1 is 1.34 bits per heavy atom. The molecule has 0 radical (unpaired) electrons. The Kier molecular flexibility index (Phi) is 6.70. The summed E-state index contributed by atoms with van der Waals surface area (Å²) in [6, 6.07) is 2.02. The number of hydrogen-bond donors (Lipinski definition) is 2. The Balaban J connectivity index is 1.60. The van der Waals surface area contributed by atoms with Crippen LogP contribution in [0.2, 0.25) is 0 Å². The first-order valence-electron chi connectivity index (χ1n) is 10.4. The molecular formula is C22H28N4O5S. The average molecular weight is 461 g/mol. The molecule has 1 fully saturated rings. The Hall–Kier alpha value is -2.79. The predicted molar refractivity (Wildman–Crippen MR) is 118 cm³/mol. The number of hydrogen-bond acceptors (Lipinski definition) is 6. The van der Waals surface area contributed by atoms with Crippen molar-refractivity contribution < 1.29 is 23.2 Å². The van der Waals surface area contributed by atoms with E-state index < -0.39 is 20.5 Å². The highest BCUT2D eigenvalue weighted by molar-refractivity contribution is 7.92. The highest BCUT2D eigenvalue weighted by Gasteiger charge is 2.44. The van der Waals surface area contributed by atoms with E-state index in [4.69, 9.17) is 5.21 Å². The number of likely N-dealkylation sites (tertiary alicyclic amines) is 1. The maximum atomic E-state index is 12.7. The number of fused-ring (bicyclic) bond motifs is 1. The summed E-state index contributed by atoms with van der Waals surface area (Å²) in [7, 11) is -3.82. The van der Waals surface area contributed by atoms with Gasteiger partial charge in [-0.2, -0.15) is 0 Å². The van der Waals surface area contributed by atoms with E-state index in [9.17, 15) is 18.0 Å². The molecular weight excluding hydrogens is 432 g/mol. The molecule has 2 aliphatic rings. The van der Waals surface area contributed by atoms with Crippen molar-refractivity contribution in [3.63, 3.8) is 0 Å². The van der Waals surface area contributed by atoms with Gasteiger partial charge in [0.05, 0.1) is 6.54 Å². The fourth-order valence-corrected chi connectivity index (χ4v) is 4.51. The molecule has 2 aliphatic heterocycles. The maximum absolute atomic E-state index is 12.7. The average Bonchev–Trinajstić information content (AvgIpc) is 3.21. The lowest BCUT2D eigenvalue weighted by Gasteiger charge is -2.39. The molecule has 1 aromatic rings. The van der Waals surface area contributed by atoms with Crippen LogP contribution in [0.1, 0.15) is 38.4 Å². The lowest BCUT2D eigenvalue weighted by molar-refractivity contribution is -0.131. The minimum Gasteiger partial charge on any atom is -0.318 e. The number of carbonyl (C=O) groups is 2. The van der Waals surface area contributed by atoms with Gasteiger partial charge >= 0.3 is 6.03 Å². The van der Waals surface area contributed by atoms with E-state index in [0.717, 1.165) is 25.0 Å². The molecule has 2 N–H and O–H groups in total. The SMILES string of the molecule is CC(C)N1CC(C#CC#Cc2cc3n(c2)C(=O)N(CC[C@](C)(C(=O)NO)S(C)(=O)=O)C3)C1. The Morgan fingerprint density at radius 2 is 2.03 bits per heavy atom. The van der Waals surface area contributed by atoms with Gasteiger partial charge in [-0.25, -0.2) is 18.7 Å². The molecule has 1 aromatic heterocycles. The van der Waals surface area contributed by atoms with Gasteiger partial charge in [-0.15, -0.1) is 0 Å². The third-order valence-electron chi connectivity index (χ3n) is 6.17. The summed E-state index contributed by atoms with van der Waals surface area (Å²) in [5.41, 5.74) is 2.82. The van der Waals surface area contributed by atoms with Gasteiger partial charge in [-0.05, 0) is 45.1 Å². The van der Waals surface area contributed by atoms with Gasteiger partial charge in [0.2, 0.25) is 0 Å². The number of nitrogens with one attached hydrogen (secondary N) is 1. The fourth-order valence-electron chi connectivity index (χ4n) is 3.67. The summed E-state index contributed by atoms with van der Waals surface area (Å²) < 4.78 is 23.8. The van der Waals surface area contributed by atoms with Gasteiger partial charge in [0, 0.05) is 55.3 Å². The van der Waals surface area contributed by atoms with Crippen molar-refractivity contribution in [3.8, 4) is 23.7 Å². The first-order valence-corrected chi connectivity index (χ1v) is 12.3. The lowest BCUT2D eigenvalue weighted by Crippen LogP contribution is -2.50. The van der Waals surface area contributed by atoms with Gasteiger partial charge in [0.25, 0.3) is 5.91 Å². The molecule has 10 heteroatoms. The molecule has 3 heterocycles. The van der Waals surface area contributed by atoms with Crippen molar-refractivity contribution in [3.05, 3.63) is 23.5 Å². The second-order valence-electron chi connectivity index (χ2n) is 8.75. The van der Waals surface area contributed by atoms with E-state index >= 15 is 0 Å². The first kappa shape index (κ1) is 23.9. The van der Waals surface area contributed by atoms with Crippen LogP contribution in [0.15, 0.2) is 12.3 Å². The van der Waals surface area contributed by atoms with Crippen LogP contribution in [-0.2, 0) is 21.2 Å². The van der Waals surface area contributed by atoms with E-state index in [1.54, 1.807) is 12.3 Å². The smallest absolute Gasteiger partial charge is 0.318 e. The zero-order chi connectivity index (χ0) is 23.7. The second-order valence-corrected chi connectivity index (χ2v) is 11.2. The third kappa shape index (κ3) is 4.68. The van der Waals surface area contributed by atoms with E-state index in [1.807, 2.05) is 0 Å². The monoisotopic (exact) mass is 460 g/mol. The summed E-state index contributed by atoms with van der Waals surface area (Å²) in [4.78, 5) is 28.4. The number of hydroxylamine groups is 1. The van der Waals surface area contributed by atoms with Crippen molar-refractivity contribution in [2.45, 2.75) is 44.5 Å². The van der Waals surface area contributed by atoms with Crippen LogP contribution in [-0.4, -0.2) is 76.6 Å². The van der Waals surface area contributed by atoms with Gasteiger partial charge in [0.1, 0.15) is 0 Å². The van der Waals surface area contributed by atoms with Crippen LogP contribution < -0.4 is 5.48 Å². The second kappa shape index (κ2) is 8.99. The van der Waals surface area contributed by atoms with Crippen molar-refractivity contribution >= 4 is 21.8 Å². The quantitative estimate of drug-likeness (QED) is 0.367. The highest BCUT2D eigenvalue weighted by atomic mass is 32.2. The number of sulfone groups is 1. The van der Waals surface area contributed by atoms with Crippen LogP contribution >= 0.6 is 0 Å². The minimum absolute atomic E-state index is 0.0405. The van der Waals surface area contributed by atoms with E-state index in [-0.39, 0.29) is 25.5 Å². The van der Waals surface area contributed by atoms with Crippen LogP contribution in [0.25, 0.3) is 0 Å². The van der Waals surface area contributed by atoms with Gasteiger partial charge in [0.15, 0.2) is 14.6 Å². The molecule has 0 aliphatic carbocycles. The molecule has 0 spiro atoms. The Labute approximate surface area is 188 Å². The number of nitrogens with zero attached hydrogens (tertiary/aromatic N) is 3. The van der Waals surface area contributed by atoms with Crippen molar-refractivity contribution in [2.75, 3.05) is 25.9 Å². The summed E-state index contributed by atoms with van der Waals surface area (Å²) in [6.07, 6.45) is 2.41. The molecule has 0 unspecified atom stereocenters. The van der Waals surface area contributed by atoms with Crippen molar-refractivity contribution in [2.24, 2.45) is 5.92 Å². The topological polar surface area (TPSA) is 112 Å². The summed E-state index contributed by atoms with van der Waals surface area (Å²) >= 11 is 0. The van der Waals surface area contributed by atoms with Crippen LogP contribution in [0, 0.1) is 29.6 Å². The number of carbonyl (C=O) groups excluding carboxylic acids is 2. The fraction of sp³-hybridized carbons (Fsp3) is 0.545. The molecule has 3 rings (SSSR count). The van der Waals surface area contributed by atoms with Crippen molar-refractivity contribution in [1.29, 1.82) is 0 Å². The molecule has 1 saturated heterocycles. The molecule has 0 saturated carbocycles. The van der Waals surface area contributed by atoms with Gasteiger partial charge in [-0.3, -0.25) is 19.5 Å². The Morgan fingerprint density at radius 3 is 2.59 bits per heavy atom. The van der Waals surface area contributed by atoms with E-state index in [2.05, 4.69) is 42.4 Å². The van der Waals surface area contributed by atoms with Crippen molar-refractivity contribution in [1.82, 2.24) is 19.8 Å². The minimum atomic E-state index is -3.82. The largest absolute Gasteiger partial charge is 0.328 e. The molecule has 32 heavy (non-hydrogen) atoms. The van der Waals surface area contributed by atoms with Gasteiger partial charge < -0.3 is 4.90 Å².